The maximum Gasteiger partial charge on any atom is 0.0557 e. The largest absolute Gasteiger partial charge is 0.380 e. The van der Waals surface area contributed by atoms with Crippen LogP contribution in [0.2, 0.25) is 0 Å². The number of ether oxygens (including phenoxy) is 1. The molecule has 0 aromatic heterocycles. The number of rotatable bonds is 3. The first kappa shape index (κ1) is 8.73. The van der Waals surface area contributed by atoms with E-state index in [1.54, 1.807) is 0 Å². The zero-order chi connectivity index (χ0) is 9.10. The zero-order valence-electron chi connectivity index (χ0n) is 7.70. The lowest BCUT2D eigenvalue weighted by Crippen LogP contribution is -2.24. The second-order valence-corrected chi connectivity index (χ2v) is 3.51. The van der Waals surface area contributed by atoms with Gasteiger partial charge in [0.05, 0.1) is 13.2 Å². The number of nitrogens with two attached hydrogens (primary N) is 1. The number of benzene rings is 1. The smallest absolute Gasteiger partial charge is 0.0557 e. The van der Waals surface area contributed by atoms with E-state index in [0.717, 1.165) is 26.2 Å². The summed E-state index contributed by atoms with van der Waals surface area (Å²) in [7, 11) is 0. The zero-order valence-corrected chi connectivity index (χ0v) is 7.70. The van der Waals surface area contributed by atoms with Crippen LogP contribution in [-0.4, -0.2) is 19.8 Å². The van der Waals surface area contributed by atoms with Gasteiger partial charge in [0.2, 0.25) is 0 Å². The van der Waals surface area contributed by atoms with Crippen LogP contribution in [0.25, 0.3) is 0 Å². The Morgan fingerprint density at radius 3 is 2.38 bits per heavy atom. The minimum absolute atomic E-state index is 0.631. The second kappa shape index (κ2) is 3.90. The average Bonchev–Trinajstić information content (AvgIpc) is 2.06. The molecule has 0 saturated carbocycles. The third-order valence-corrected chi connectivity index (χ3v) is 2.52. The first-order chi connectivity index (χ1) is 6.40. The molecule has 1 aliphatic rings. The molecule has 2 nitrogen and oxygen atoms in total. The van der Waals surface area contributed by atoms with Crippen molar-refractivity contribution in [2.45, 2.75) is 12.3 Å². The minimum atomic E-state index is 0.631. The molecule has 1 aliphatic heterocycles. The average molecular weight is 177 g/mol. The fourth-order valence-corrected chi connectivity index (χ4v) is 1.55. The molecule has 0 radical (unpaired) electrons. The van der Waals surface area contributed by atoms with Gasteiger partial charge in [-0.05, 0) is 24.1 Å². The molecular weight excluding hydrogens is 162 g/mol. The Balaban J connectivity index is 2.04. The van der Waals surface area contributed by atoms with Crippen LogP contribution in [0.3, 0.4) is 0 Å². The first-order valence-electron chi connectivity index (χ1n) is 4.77. The Hall–Kier alpha value is -0.860. The fraction of sp³-hybridized carbons (Fsp3) is 0.455. The lowest BCUT2D eigenvalue weighted by Gasteiger charge is -2.26. The molecule has 1 aromatic carbocycles. The highest BCUT2D eigenvalue weighted by Gasteiger charge is 2.19. The predicted molar refractivity (Wildman–Crippen MR) is 52.8 cm³/mol. The Kier molecular flexibility index (Phi) is 2.62. The van der Waals surface area contributed by atoms with Crippen LogP contribution in [0.5, 0.6) is 0 Å². The molecule has 0 aliphatic carbocycles. The van der Waals surface area contributed by atoms with E-state index in [1.165, 1.54) is 11.1 Å². The topological polar surface area (TPSA) is 35.2 Å². The Morgan fingerprint density at radius 2 is 1.92 bits per heavy atom. The van der Waals surface area contributed by atoms with E-state index in [-0.39, 0.29) is 0 Å². The molecule has 0 unspecified atom stereocenters. The summed E-state index contributed by atoms with van der Waals surface area (Å²) < 4.78 is 5.15. The molecule has 2 heteroatoms. The molecule has 1 saturated heterocycles. The van der Waals surface area contributed by atoms with Crippen molar-refractivity contribution in [3.8, 4) is 0 Å². The van der Waals surface area contributed by atoms with Gasteiger partial charge >= 0.3 is 0 Å². The number of hydrogen-bond donors (Lipinski definition) is 1. The van der Waals surface area contributed by atoms with Gasteiger partial charge in [-0.25, -0.2) is 0 Å². The van der Waals surface area contributed by atoms with Crippen molar-refractivity contribution in [3.05, 3.63) is 35.4 Å². The molecule has 0 spiro atoms. The maximum absolute atomic E-state index is 5.48. The van der Waals surface area contributed by atoms with Crippen molar-refractivity contribution in [1.82, 2.24) is 0 Å². The molecule has 2 rings (SSSR count). The summed E-state index contributed by atoms with van der Waals surface area (Å²) in [6.07, 6.45) is 0.974. The van der Waals surface area contributed by atoms with Crippen molar-refractivity contribution < 1.29 is 4.74 Å². The summed E-state index contributed by atoms with van der Waals surface area (Å²) in [5, 5.41) is 0. The van der Waals surface area contributed by atoms with E-state index >= 15 is 0 Å². The Morgan fingerprint density at radius 1 is 1.23 bits per heavy atom. The van der Waals surface area contributed by atoms with E-state index < -0.39 is 0 Å². The summed E-state index contributed by atoms with van der Waals surface area (Å²) in [6, 6.07) is 8.72. The van der Waals surface area contributed by atoms with Gasteiger partial charge < -0.3 is 10.5 Å². The van der Waals surface area contributed by atoms with Gasteiger partial charge in [0.25, 0.3) is 0 Å². The first-order valence-corrected chi connectivity index (χ1v) is 4.77. The minimum Gasteiger partial charge on any atom is -0.380 e. The monoisotopic (exact) mass is 177 g/mol. The highest BCUT2D eigenvalue weighted by Crippen LogP contribution is 2.23. The maximum atomic E-state index is 5.48. The van der Waals surface area contributed by atoms with Gasteiger partial charge in [-0.1, -0.05) is 24.3 Å². The summed E-state index contributed by atoms with van der Waals surface area (Å²) in [5.74, 6) is 0.631. The SMILES string of the molecule is NCCc1ccc(C2COC2)cc1. The third kappa shape index (κ3) is 1.90. The Bertz CT molecular complexity index is 264. The molecular formula is C11H15NO. The van der Waals surface area contributed by atoms with E-state index in [9.17, 15) is 0 Å². The molecule has 1 fully saturated rings. The van der Waals surface area contributed by atoms with Crippen molar-refractivity contribution in [3.63, 3.8) is 0 Å². The van der Waals surface area contributed by atoms with Crippen LogP contribution in [0.1, 0.15) is 17.0 Å². The molecule has 70 valence electrons. The standard InChI is InChI=1S/C11H15NO/c12-6-5-9-1-3-10(4-2-9)11-7-13-8-11/h1-4,11H,5-8,12H2. The summed E-state index contributed by atoms with van der Waals surface area (Å²) >= 11 is 0. The van der Waals surface area contributed by atoms with Crippen molar-refractivity contribution in [1.29, 1.82) is 0 Å². The van der Waals surface area contributed by atoms with Crippen LogP contribution in [-0.2, 0) is 11.2 Å². The van der Waals surface area contributed by atoms with Crippen molar-refractivity contribution in [2.75, 3.05) is 19.8 Å². The van der Waals surface area contributed by atoms with Crippen LogP contribution < -0.4 is 5.73 Å². The molecule has 0 atom stereocenters. The molecule has 13 heavy (non-hydrogen) atoms. The fourth-order valence-electron chi connectivity index (χ4n) is 1.55. The lowest BCUT2D eigenvalue weighted by atomic mass is 9.96. The second-order valence-electron chi connectivity index (χ2n) is 3.51. The van der Waals surface area contributed by atoms with Gasteiger partial charge in [-0.3, -0.25) is 0 Å². The molecule has 0 amide bonds. The van der Waals surface area contributed by atoms with E-state index in [1.807, 2.05) is 0 Å². The highest BCUT2D eigenvalue weighted by atomic mass is 16.5. The van der Waals surface area contributed by atoms with Gasteiger partial charge in [-0.2, -0.15) is 0 Å². The van der Waals surface area contributed by atoms with E-state index in [4.69, 9.17) is 10.5 Å². The summed E-state index contributed by atoms with van der Waals surface area (Å²) in [6.45, 7) is 2.50. The van der Waals surface area contributed by atoms with Gasteiger partial charge in [0.15, 0.2) is 0 Å². The van der Waals surface area contributed by atoms with Crippen molar-refractivity contribution in [2.24, 2.45) is 5.73 Å². The van der Waals surface area contributed by atoms with Gasteiger partial charge in [0, 0.05) is 5.92 Å². The number of hydrogen-bond acceptors (Lipinski definition) is 2. The van der Waals surface area contributed by atoms with Crippen LogP contribution in [0.15, 0.2) is 24.3 Å². The van der Waals surface area contributed by atoms with Crippen LogP contribution in [0, 0.1) is 0 Å². The normalized spacial score (nSPS) is 17.0. The summed E-state index contributed by atoms with van der Waals surface area (Å²) in [5.41, 5.74) is 8.20. The predicted octanol–water partition coefficient (Wildman–Crippen LogP) is 1.30. The van der Waals surface area contributed by atoms with Crippen LogP contribution in [0.4, 0.5) is 0 Å². The molecule has 0 bridgehead atoms. The quantitative estimate of drug-likeness (QED) is 0.755. The molecule has 2 N–H and O–H groups in total. The van der Waals surface area contributed by atoms with E-state index in [0.29, 0.717) is 5.92 Å². The van der Waals surface area contributed by atoms with Gasteiger partial charge in [0.1, 0.15) is 0 Å². The van der Waals surface area contributed by atoms with Crippen molar-refractivity contribution >= 4 is 0 Å². The Labute approximate surface area is 78.7 Å². The third-order valence-electron chi connectivity index (χ3n) is 2.52. The highest BCUT2D eigenvalue weighted by molar-refractivity contribution is 5.26. The summed E-state index contributed by atoms with van der Waals surface area (Å²) in [4.78, 5) is 0. The molecule has 1 aromatic rings. The van der Waals surface area contributed by atoms with Gasteiger partial charge in [-0.15, -0.1) is 0 Å². The molecule has 1 heterocycles. The van der Waals surface area contributed by atoms with E-state index in [2.05, 4.69) is 24.3 Å². The van der Waals surface area contributed by atoms with Crippen LogP contribution >= 0.6 is 0 Å². The lowest BCUT2D eigenvalue weighted by molar-refractivity contribution is 0.00842.